The van der Waals surface area contributed by atoms with E-state index in [0.29, 0.717) is 11.4 Å². The summed E-state index contributed by atoms with van der Waals surface area (Å²) in [7, 11) is 1.74. The van der Waals surface area contributed by atoms with Gasteiger partial charge in [-0.15, -0.1) is 0 Å². The van der Waals surface area contributed by atoms with E-state index in [0.717, 1.165) is 5.56 Å². The van der Waals surface area contributed by atoms with Gasteiger partial charge in [-0.1, -0.05) is 18.2 Å². The molecule has 3 rings (SSSR count). The van der Waals surface area contributed by atoms with Crippen LogP contribution in [-0.4, -0.2) is 15.3 Å². The fourth-order valence-corrected chi connectivity index (χ4v) is 3.18. The highest BCUT2D eigenvalue weighted by molar-refractivity contribution is 7.08. The van der Waals surface area contributed by atoms with Crippen LogP contribution in [0.15, 0.2) is 57.5 Å². The van der Waals surface area contributed by atoms with Crippen molar-refractivity contribution in [2.45, 2.75) is 6.92 Å². The van der Waals surface area contributed by atoms with Gasteiger partial charge in [0, 0.05) is 7.05 Å². The van der Waals surface area contributed by atoms with Gasteiger partial charge < -0.3 is 5.32 Å². The van der Waals surface area contributed by atoms with Gasteiger partial charge in [-0.3, -0.25) is 14.3 Å². The summed E-state index contributed by atoms with van der Waals surface area (Å²) in [6, 6.07) is 12.8. The Morgan fingerprint density at radius 1 is 1.27 bits per heavy atom. The third-order valence-corrected chi connectivity index (χ3v) is 4.71. The Bertz CT molecular complexity index is 1070. The van der Waals surface area contributed by atoms with Crippen LogP contribution >= 0.6 is 11.3 Å². The van der Waals surface area contributed by atoms with E-state index in [9.17, 15) is 14.9 Å². The first-order valence-corrected chi connectivity index (χ1v) is 8.76. The molecular formula is C19H16N4O2S. The number of nitrogens with zero attached hydrogens (tertiary/aromatic N) is 3. The molecule has 130 valence electrons. The molecule has 6 nitrogen and oxygen atoms in total. The minimum atomic E-state index is -0.607. The second kappa shape index (κ2) is 7.25. The Morgan fingerprint density at radius 2 is 2.00 bits per heavy atom. The van der Waals surface area contributed by atoms with Crippen molar-refractivity contribution in [2.75, 3.05) is 5.32 Å². The number of anilines is 1. The predicted octanol–water partition coefficient (Wildman–Crippen LogP) is 3.09. The molecule has 1 amide bonds. The molecule has 0 spiro atoms. The molecule has 0 bridgehead atoms. The Balaban J connectivity index is 1.97. The Labute approximate surface area is 154 Å². The molecule has 0 radical (unpaired) electrons. The van der Waals surface area contributed by atoms with Gasteiger partial charge in [0.25, 0.3) is 11.5 Å². The molecule has 0 saturated heterocycles. The van der Waals surface area contributed by atoms with E-state index >= 15 is 0 Å². The fourth-order valence-electron chi connectivity index (χ4n) is 2.57. The number of hydrogen-bond acceptors (Lipinski definition) is 4. The van der Waals surface area contributed by atoms with Crippen LogP contribution in [-0.2, 0) is 11.8 Å². The summed E-state index contributed by atoms with van der Waals surface area (Å²) in [5.41, 5.74) is 1.81. The third-order valence-electron chi connectivity index (χ3n) is 4.01. The smallest absolute Gasteiger partial charge is 0.295 e. The number of amides is 1. The van der Waals surface area contributed by atoms with Crippen LogP contribution in [0.1, 0.15) is 11.3 Å². The lowest BCUT2D eigenvalue weighted by atomic mass is 10.2. The molecular weight excluding hydrogens is 348 g/mol. The van der Waals surface area contributed by atoms with E-state index in [2.05, 4.69) is 5.32 Å². The lowest BCUT2D eigenvalue weighted by Crippen LogP contribution is -2.23. The molecule has 0 fully saturated rings. The number of benzene rings is 1. The van der Waals surface area contributed by atoms with Crippen molar-refractivity contribution in [1.29, 1.82) is 5.26 Å². The largest absolute Gasteiger partial charge is 0.315 e. The average Bonchev–Trinajstić information content (AvgIpc) is 3.23. The maximum Gasteiger partial charge on any atom is 0.295 e. The van der Waals surface area contributed by atoms with Crippen LogP contribution < -0.4 is 10.9 Å². The number of hydrogen-bond donors (Lipinski definition) is 1. The van der Waals surface area contributed by atoms with E-state index in [-0.39, 0.29) is 16.8 Å². The second-order valence-electron chi connectivity index (χ2n) is 5.62. The van der Waals surface area contributed by atoms with Gasteiger partial charge >= 0.3 is 0 Å². The van der Waals surface area contributed by atoms with Gasteiger partial charge in [0.2, 0.25) is 0 Å². The van der Waals surface area contributed by atoms with Gasteiger partial charge in [0.05, 0.1) is 11.4 Å². The highest BCUT2D eigenvalue weighted by atomic mass is 32.1. The highest BCUT2D eigenvalue weighted by Gasteiger charge is 2.19. The Kier molecular flexibility index (Phi) is 4.87. The van der Waals surface area contributed by atoms with Crippen LogP contribution in [0, 0.1) is 18.3 Å². The van der Waals surface area contributed by atoms with Crippen LogP contribution in [0.25, 0.3) is 11.8 Å². The first-order chi connectivity index (χ1) is 12.5. The maximum atomic E-state index is 12.8. The van der Waals surface area contributed by atoms with E-state index in [1.165, 1.54) is 22.1 Å². The normalized spacial score (nSPS) is 11.2. The first kappa shape index (κ1) is 17.5. The quantitative estimate of drug-likeness (QED) is 0.571. The molecule has 0 aliphatic rings. The number of para-hydroxylation sites is 1. The van der Waals surface area contributed by atoms with Crippen molar-refractivity contribution in [1.82, 2.24) is 9.36 Å². The van der Waals surface area contributed by atoms with Crippen molar-refractivity contribution >= 4 is 29.0 Å². The molecule has 26 heavy (non-hydrogen) atoms. The zero-order valence-corrected chi connectivity index (χ0v) is 15.1. The SMILES string of the molecule is Cc1c(NC(=O)C(C#N)=Cc2ccsc2)c(=O)n(-c2ccccc2)n1C. The first-order valence-electron chi connectivity index (χ1n) is 7.82. The van der Waals surface area contributed by atoms with Crippen molar-refractivity contribution < 1.29 is 4.79 Å². The van der Waals surface area contributed by atoms with Crippen molar-refractivity contribution in [3.63, 3.8) is 0 Å². The van der Waals surface area contributed by atoms with Gasteiger partial charge in [0.15, 0.2) is 0 Å². The van der Waals surface area contributed by atoms with Crippen LogP contribution in [0.5, 0.6) is 0 Å². The average molecular weight is 364 g/mol. The number of nitriles is 1. The van der Waals surface area contributed by atoms with Crippen molar-refractivity contribution in [2.24, 2.45) is 7.05 Å². The number of rotatable bonds is 4. The summed E-state index contributed by atoms with van der Waals surface area (Å²) < 4.78 is 3.14. The third kappa shape index (κ3) is 3.23. The molecule has 3 aromatic rings. The lowest BCUT2D eigenvalue weighted by molar-refractivity contribution is -0.112. The van der Waals surface area contributed by atoms with Gasteiger partial charge in [0.1, 0.15) is 17.3 Å². The van der Waals surface area contributed by atoms with Crippen LogP contribution in [0.3, 0.4) is 0 Å². The zero-order chi connectivity index (χ0) is 18.7. The van der Waals surface area contributed by atoms with E-state index in [1.807, 2.05) is 53.2 Å². The fraction of sp³-hybridized carbons (Fsp3) is 0.105. The van der Waals surface area contributed by atoms with Crippen molar-refractivity contribution in [3.8, 4) is 11.8 Å². The van der Waals surface area contributed by atoms with E-state index in [4.69, 9.17) is 0 Å². The predicted molar refractivity (Wildman–Crippen MR) is 102 cm³/mol. The summed E-state index contributed by atoms with van der Waals surface area (Å²) >= 11 is 1.47. The monoisotopic (exact) mass is 364 g/mol. The summed E-state index contributed by atoms with van der Waals surface area (Å²) in [5, 5.41) is 15.6. The minimum Gasteiger partial charge on any atom is -0.315 e. The molecule has 7 heteroatoms. The summed E-state index contributed by atoms with van der Waals surface area (Å²) in [6.07, 6.45) is 1.50. The van der Waals surface area contributed by atoms with Gasteiger partial charge in [-0.25, -0.2) is 4.68 Å². The van der Waals surface area contributed by atoms with Gasteiger partial charge in [-0.05, 0) is 47.5 Å². The summed E-state index contributed by atoms with van der Waals surface area (Å²) in [4.78, 5) is 25.3. The van der Waals surface area contributed by atoms with Crippen molar-refractivity contribution in [3.05, 3.63) is 74.3 Å². The van der Waals surface area contributed by atoms with Crippen LogP contribution in [0.4, 0.5) is 5.69 Å². The number of carbonyl (C=O) groups excluding carboxylic acids is 1. The number of aromatic nitrogens is 2. The Hall–Kier alpha value is -3.37. The topological polar surface area (TPSA) is 79.8 Å². The summed E-state index contributed by atoms with van der Waals surface area (Å²) in [6.45, 7) is 1.74. The van der Waals surface area contributed by atoms with E-state index < -0.39 is 5.91 Å². The molecule has 1 aromatic carbocycles. The Morgan fingerprint density at radius 3 is 2.62 bits per heavy atom. The standard InChI is InChI=1S/C19H16N4O2S/c1-13-17(19(25)23(22(13)2)16-6-4-3-5-7-16)21-18(24)15(11-20)10-14-8-9-26-12-14/h3-10,12H,1-2H3,(H,21,24). The number of thiophene rings is 1. The van der Waals surface area contributed by atoms with Crippen LogP contribution in [0.2, 0.25) is 0 Å². The molecule has 0 saturated carbocycles. The highest BCUT2D eigenvalue weighted by Crippen LogP contribution is 2.16. The van der Waals surface area contributed by atoms with E-state index in [1.54, 1.807) is 18.7 Å². The molecule has 0 atom stereocenters. The second-order valence-corrected chi connectivity index (χ2v) is 6.40. The molecule has 0 unspecified atom stereocenters. The molecule has 0 aliphatic carbocycles. The molecule has 2 heterocycles. The maximum absolute atomic E-state index is 12.8. The lowest BCUT2D eigenvalue weighted by Gasteiger charge is -2.07. The van der Waals surface area contributed by atoms with Gasteiger partial charge in [-0.2, -0.15) is 16.6 Å². The number of nitrogens with one attached hydrogen (secondary N) is 1. The molecule has 0 aliphatic heterocycles. The number of carbonyl (C=O) groups is 1. The molecule has 1 N–H and O–H groups in total. The summed E-state index contributed by atoms with van der Waals surface area (Å²) in [5.74, 6) is -0.607. The zero-order valence-electron chi connectivity index (χ0n) is 14.3. The molecule has 2 aromatic heterocycles. The minimum absolute atomic E-state index is 0.0580.